The molecule has 3 rings (SSSR count). The van der Waals surface area contributed by atoms with Gasteiger partial charge >= 0.3 is 0 Å². The molecule has 0 saturated carbocycles. The van der Waals surface area contributed by atoms with Crippen LogP contribution in [0.2, 0.25) is 5.02 Å². The molecule has 0 spiro atoms. The number of nitrogens with zero attached hydrogens (tertiary/aromatic N) is 1. The van der Waals surface area contributed by atoms with E-state index in [2.05, 4.69) is 10.3 Å². The molecule has 8 heteroatoms. The summed E-state index contributed by atoms with van der Waals surface area (Å²) >= 11 is 8.99. The van der Waals surface area contributed by atoms with Crippen molar-refractivity contribution < 1.29 is 9.59 Å². The molecule has 0 saturated heterocycles. The molecule has 2 amide bonds. The van der Waals surface area contributed by atoms with Gasteiger partial charge in [-0.25, -0.2) is 4.98 Å². The van der Waals surface area contributed by atoms with Crippen LogP contribution in [0.5, 0.6) is 0 Å². The van der Waals surface area contributed by atoms with Crippen LogP contribution in [-0.4, -0.2) is 16.8 Å². The molecule has 0 aliphatic rings. The third kappa shape index (κ3) is 5.56. The standard InChI is InChI=1S/C19H16ClN3O2S2/c20-13-7-5-12(6-8-13)10-26-19-22-14(11-27-19)9-17(24)23-16-4-2-1-3-15(16)18(21)25/h1-8,11H,9-10H2,(H2,21,25)(H,23,24). The number of halogens is 1. The van der Waals surface area contributed by atoms with Crippen molar-refractivity contribution in [3.63, 3.8) is 0 Å². The van der Waals surface area contributed by atoms with Crippen molar-refractivity contribution in [3.05, 3.63) is 75.8 Å². The van der Waals surface area contributed by atoms with Gasteiger partial charge in [-0.2, -0.15) is 0 Å². The molecule has 3 N–H and O–H groups in total. The van der Waals surface area contributed by atoms with Crippen LogP contribution < -0.4 is 11.1 Å². The summed E-state index contributed by atoms with van der Waals surface area (Å²) in [6.45, 7) is 0. The van der Waals surface area contributed by atoms with Gasteiger partial charge in [0.2, 0.25) is 5.91 Å². The highest BCUT2D eigenvalue weighted by molar-refractivity contribution is 8.00. The fraction of sp³-hybridized carbons (Fsp3) is 0.105. The number of primary amides is 1. The zero-order valence-corrected chi connectivity index (χ0v) is 16.5. The molecule has 27 heavy (non-hydrogen) atoms. The van der Waals surface area contributed by atoms with Crippen molar-refractivity contribution in [3.8, 4) is 0 Å². The number of para-hydroxylation sites is 1. The second-order valence-electron chi connectivity index (χ2n) is 5.65. The van der Waals surface area contributed by atoms with Gasteiger partial charge in [-0.1, -0.05) is 47.6 Å². The van der Waals surface area contributed by atoms with E-state index in [1.807, 2.05) is 29.6 Å². The molecular weight excluding hydrogens is 402 g/mol. The van der Waals surface area contributed by atoms with Crippen LogP contribution in [0, 0.1) is 0 Å². The molecule has 5 nitrogen and oxygen atoms in total. The lowest BCUT2D eigenvalue weighted by molar-refractivity contribution is -0.115. The summed E-state index contributed by atoms with van der Waals surface area (Å²) in [4.78, 5) is 28.2. The number of nitrogens with two attached hydrogens (primary N) is 1. The summed E-state index contributed by atoms with van der Waals surface area (Å²) < 4.78 is 0.894. The Hall–Kier alpha value is -2.35. The smallest absolute Gasteiger partial charge is 0.250 e. The summed E-state index contributed by atoms with van der Waals surface area (Å²) in [5, 5.41) is 5.30. The van der Waals surface area contributed by atoms with Crippen LogP contribution >= 0.6 is 34.7 Å². The molecule has 0 radical (unpaired) electrons. The highest BCUT2D eigenvalue weighted by Crippen LogP contribution is 2.27. The number of amides is 2. The summed E-state index contributed by atoms with van der Waals surface area (Å²) in [5.41, 5.74) is 7.85. The SMILES string of the molecule is NC(=O)c1ccccc1NC(=O)Cc1csc(SCc2ccc(Cl)cc2)n1. The van der Waals surface area contributed by atoms with E-state index in [0.717, 1.165) is 15.7 Å². The lowest BCUT2D eigenvalue weighted by Crippen LogP contribution is -2.19. The predicted octanol–water partition coefficient (Wildman–Crippen LogP) is 4.37. The Labute approximate surface area is 170 Å². The van der Waals surface area contributed by atoms with Gasteiger partial charge in [0.05, 0.1) is 23.4 Å². The van der Waals surface area contributed by atoms with Gasteiger partial charge in [0.15, 0.2) is 0 Å². The Morgan fingerprint density at radius 3 is 2.63 bits per heavy atom. The third-order valence-corrected chi connectivity index (χ3v) is 6.01. The summed E-state index contributed by atoms with van der Waals surface area (Å²) in [5.74, 6) is -0.0498. The molecule has 3 aromatic rings. The zero-order chi connectivity index (χ0) is 19.2. The Morgan fingerprint density at radius 1 is 1.15 bits per heavy atom. The maximum Gasteiger partial charge on any atom is 0.250 e. The Bertz CT molecular complexity index is 958. The van der Waals surface area contributed by atoms with Gasteiger partial charge in [-0.05, 0) is 29.8 Å². The first-order chi connectivity index (χ1) is 13.0. The largest absolute Gasteiger partial charge is 0.366 e. The Morgan fingerprint density at radius 2 is 1.89 bits per heavy atom. The summed E-state index contributed by atoms with van der Waals surface area (Å²) in [7, 11) is 0. The van der Waals surface area contributed by atoms with Crippen LogP contribution in [0.3, 0.4) is 0 Å². The minimum absolute atomic E-state index is 0.130. The van der Waals surface area contributed by atoms with E-state index in [0.29, 0.717) is 16.4 Å². The first-order valence-electron chi connectivity index (χ1n) is 8.01. The second kappa shape index (κ2) is 9.03. The van der Waals surface area contributed by atoms with Crippen LogP contribution in [0.1, 0.15) is 21.6 Å². The molecule has 138 valence electrons. The maximum absolute atomic E-state index is 12.3. The number of anilines is 1. The van der Waals surface area contributed by atoms with Gasteiger partial charge in [-0.15, -0.1) is 11.3 Å². The molecule has 0 atom stereocenters. The van der Waals surface area contributed by atoms with Crippen LogP contribution in [-0.2, 0) is 17.0 Å². The number of benzene rings is 2. The molecule has 1 aromatic heterocycles. The first kappa shape index (κ1) is 19.4. The van der Waals surface area contributed by atoms with Gasteiger partial charge in [0, 0.05) is 16.2 Å². The highest BCUT2D eigenvalue weighted by Gasteiger charge is 2.12. The quantitative estimate of drug-likeness (QED) is 0.559. The van der Waals surface area contributed by atoms with Gasteiger partial charge < -0.3 is 11.1 Å². The number of thiazole rings is 1. The fourth-order valence-corrected chi connectivity index (χ4v) is 4.25. The average molecular weight is 418 g/mol. The van der Waals surface area contributed by atoms with Gasteiger partial charge in [-0.3, -0.25) is 9.59 Å². The number of carbonyl (C=O) groups excluding carboxylic acids is 2. The van der Waals surface area contributed by atoms with E-state index in [4.69, 9.17) is 17.3 Å². The van der Waals surface area contributed by atoms with Crippen LogP contribution in [0.25, 0.3) is 0 Å². The number of aromatic nitrogens is 1. The van der Waals surface area contributed by atoms with E-state index in [1.165, 1.54) is 11.3 Å². The van der Waals surface area contributed by atoms with E-state index in [9.17, 15) is 9.59 Å². The molecule has 0 aliphatic carbocycles. The number of thioether (sulfide) groups is 1. The Kier molecular flexibility index (Phi) is 6.49. The highest BCUT2D eigenvalue weighted by atomic mass is 35.5. The first-order valence-corrected chi connectivity index (χ1v) is 10.3. The van der Waals surface area contributed by atoms with E-state index in [1.54, 1.807) is 36.0 Å². The van der Waals surface area contributed by atoms with Crippen LogP contribution in [0.4, 0.5) is 5.69 Å². The van der Waals surface area contributed by atoms with Crippen molar-refractivity contribution in [1.29, 1.82) is 0 Å². The van der Waals surface area contributed by atoms with Crippen molar-refractivity contribution >= 4 is 52.2 Å². The molecule has 0 bridgehead atoms. The van der Waals surface area contributed by atoms with E-state index >= 15 is 0 Å². The molecule has 0 fully saturated rings. The monoisotopic (exact) mass is 417 g/mol. The van der Waals surface area contributed by atoms with Gasteiger partial charge in [0.1, 0.15) is 4.34 Å². The zero-order valence-electron chi connectivity index (χ0n) is 14.1. The minimum Gasteiger partial charge on any atom is -0.366 e. The molecule has 2 aromatic carbocycles. The van der Waals surface area contributed by atoms with Crippen LogP contribution in [0.15, 0.2) is 58.3 Å². The molecular formula is C19H16ClN3O2S2. The number of hydrogen-bond donors (Lipinski definition) is 2. The van der Waals surface area contributed by atoms with Gasteiger partial charge in [0.25, 0.3) is 5.91 Å². The van der Waals surface area contributed by atoms with E-state index < -0.39 is 5.91 Å². The van der Waals surface area contributed by atoms with Crippen molar-refractivity contribution in [2.75, 3.05) is 5.32 Å². The minimum atomic E-state index is -0.583. The maximum atomic E-state index is 12.3. The normalized spacial score (nSPS) is 10.6. The summed E-state index contributed by atoms with van der Waals surface area (Å²) in [6.07, 6.45) is 0.130. The van der Waals surface area contributed by atoms with Crippen molar-refractivity contribution in [2.45, 2.75) is 16.5 Å². The molecule has 0 aliphatic heterocycles. The third-order valence-electron chi connectivity index (χ3n) is 3.61. The lowest BCUT2D eigenvalue weighted by atomic mass is 10.1. The molecule has 1 heterocycles. The number of hydrogen-bond acceptors (Lipinski definition) is 5. The number of carbonyl (C=O) groups is 2. The van der Waals surface area contributed by atoms with E-state index in [-0.39, 0.29) is 17.9 Å². The Balaban J connectivity index is 1.56. The van der Waals surface area contributed by atoms with Crippen molar-refractivity contribution in [2.24, 2.45) is 5.73 Å². The topological polar surface area (TPSA) is 85.1 Å². The molecule has 0 unspecified atom stereocenters. The second-order valence-corrected chi connectivity index (χ2v) is 8.17. The predicted molar refractivity (Wildman–Crippen MR) is 110 cm³/mol. The lowest BCUT2D eigenvalue weighted by Gasteiger charge is -2.07. The average Bonchev–Trinajstić information content (AvgIpc) is 3.08. The summed E-state index contributed by atoms with van der Waals surface area (Å²) in [6, 6.07) is 14.3. The fourth-order valence-electron chi connectivity index (χ4n) is 2.33. The number of rotatable bonds is 7. The number of nitrogens with one attached hydrogen (secondary N) is 1. The van der Waals surface area contributed by atoms with Crippen molar-refractivity contribution in [1.82, 2.24) is 4.98 Å².